The lowest BCUT2D eigenvalue weighted by Crippen LogP contribution is -2.34. The van der Waals surface area contributed by atoms with Gasteiger partial charge in [0.1, 0.15) is 0 Å². The Bertz CT molecular complexity index is 488. The molecule has 0 aromatic heterocycles. The third-order valence-electron chi connectivity index (χ3n) is 5.04. The predicted octanol–water partition coefficient (Wildman–Crippen LogP) is 4.84. The predicted molar refractivity (Wildman–Crippen MR) is 90.6 cm³/mol. The van der Waals surface area contributed by atoms with Crippen LogP contribution in [0.15, 0.2) is 24.3 Å². The van der Waals surface area contributed by atoms with Crippen molar-refractivity contribution in [3.05, 3.63) is 27.8 Å². The molecule has 0 aliphatic heterocycles. The summed E-state index contributed by atoms with van der Waals surface area (Å²) in [6.07, 6.45) is 8.96. The Balaban J connectivity index is 1.62. The summed E-state index contributed by atoms with van der Waals surface area (Å²) in [5, 5.41) is 3.13. The van der Waals surface area contributed by atoms with Crippen LogP contribution in [-0.4, -0.2) is 5.91 Å². The van der Waals surface area contributed by atoms with Crippen molar-refractivity contribution in [2.75, 3.05) is 5.32 Å². The van der Waals surface area contributed by atoms with Gasteiger partial charge in [-0.2, -0.15) is 0 Å². The summed E-state index contributed by atoms with van der Waals surface area (Å²) in [7, 11) is 0. The molecule has 3 heteroatoms. The van der Waals surface area contributed by atoms with Crippen LogP contribution >= 0.6 is 22.6 Å². The molecule has 3 rings (SSSR count). The zero-order chi connectivity index (χ0) is 13.9. The lowest BCUT2D eigenvalue weighted by molar-refractivity contribution is -0.122. The van der Waals surface area contributed by atoms with Gasteiger partial charge in [-0.05, 0) is 65.8 Å². The molecule has 2 aliphatic rings. The van der Waals surface area contributed by atoms with E-state index in [0.29, 0.717) is 0 Å². The van der Waals surface area contributed by atoms with Gasteiger partial charge in [0.05, 0.1) is 5.69 Å². The first-order valence-corrected chi connectivity index (χ1v) is 8.87. The van der Waals surface area contributed by atoms with Crippen molar-refractivity contribution in [1.82, 2.24) is 0 Å². The minimum absolute atomic E-state index is 0.227. The van der Waals surface area contributed by atoms with Crippen LogP contribution in [-0.2, 0) is 4.79 Å². The number of carbonyl (C=O) groups is 1. The van der Waals surface area contributed by atoms with E-state index in [-0.39, 0.29) is 11.8 Å². The van der Waals surface area contributed by atoms with E-state index in [9.17, 15) is 4.79 Å². The van der Waals surface area contributed by atoms with Crippen LogP contribution < -0.4 is 5.32 Å². The molecule has 3 atom stereocenters. The van der Waals surface area contributed by atoms with Crippen molar-refractivity contribution in [2.45, 2.75) is 44.9 Å². The highest BCUT2D eigenvalue weighted by atomic mass is 127. The van der Waals surface area contributed by atoms with Crippen LogP contribution in [0.3, 0.4) is 0 Å². The van der Waals surface area contributed by atoms with E-state index in [1.165, 1.54) is 32.1 Å². The molecule has 0 spiro atoms. The van der Waals surface area contributed by atoms with E-state index >= 15 is 0 Å². The Morgan fingerprint density at radius 3 is 2.60 bits per heavy atom. The zero-order valence-corrected chi connectivity index (χ0v) is 13.9. The molecule has 1 N–H and O–H groups in total. The number of anilines is 1. The Morgan fingerprint density at radius 1 is 1.05 bits per heavy atom. The summed E-state index contributed by atoms with van der Waals surface area (Å²) in [4.78, 5) is 12.5. The fourth-order valence-corrected chi connectivity index (χ4v) is 4.43. The number of nitrogens with one attached hydrogen (secondary N) is 1. The molecule has 2 aliphatic carbocycles. The average molecular weight is 383 g/mol. The Kier molecular flexibility index (Phi) is 4.64. The van der Waals surface area contributed by atoms with Gasteiger partial charge in [0.15, 0.2) is 0 Å². The number of benzene rings is 1. The highest BCUT2D eigenvalue weighted by Gasteiger charge is 2.35. The number of halogens is 1. The van der Waals surface area contributed by atoms with Crippen LogP contribution in [0.1, 0.15) is 44.9 Å². The van der Waals surface area contributed by atoms with Gasteiger partial charge >= 0.3 is 0 Å². The van der Waals surface area contributed by atoms with E-state index in [1.54, 1.807) is 0 Å². The van der Waals surface area contributed by atoms with Gasteiger partial charge in [-0.15, -0.1) is 0 Å². The average Bonchev–Trinajstić information content (AvgIpc) is 2.49. The number of amides is 1. The maximum absolute atomic E-state index is 12.5. The molecule has 1 aromatic rings. The van der Waals surface area contributed by atoms with Crippen molar-refractivity contribution in [1.29, 1.82) is 0 Å². The molecule has 20 heavy (non-hydrogen) atoms. The van der Waals surface area contributed by atoms with Gasteiger partial charge < -0.3 is 5.32 Å². The van der Waals surface area contributed by atoms with Crippen molar-refractivity contribution in [2.24, 2.45) is 17.8 Å². The van der Waals surface area contributed by atoms with Gasteiger partial charge in [-0.1, -0.05) is 37.8 Å². The first kappa shape index (κ1) is 14.4. The molecule has 0 bridgehead atoms. The highest BCUT2D eigenvalue weighted by molar-refractivity contribution is 14.1. The zero-order valence-electron chi connectivity index (χ0n) is 11.8. The topological polar surface area (TPSA) is 29.1 Å². The van der Waals surface area contributed by atoms with E-state index < -0.39 is 0 Å². The maximum Gasteiger partial charge on any atom is 0.227 e. The first-order chi connectivity index (χ1) is 9.74. The van der Waals surface area contributed by atoms with Crippen LogP contribution in [0.4, 0.5) is 5.69 Å². The molecule has 108 valence electrons. The number of carbonyl (C=O) groups excluding carboxylic acids is 1. The van der Waals surface area contributed by atoms with Crippen LogP contribution in [0.2, 0.25) is 0 Å². The number of hydrogen-bond donors (Lipinski definition) is 1. The quantitative estimate of drug-likeness (QED) is 0.728. The smallest absolute Gasteiger partial charge is 0.227 e. The summed E-state index contributed by atoms with van der Waals surface area (Å²) in [6.45, 7) is 0. The van der Waals surface area contributed by atoms with Crippen molar-refractivity contribution >= 4 is 34.2 Å². The van der Waals surface area contributed by atoms with Gasteiger partial charge in [0, 0.05) is 9.49 Å². The minimum Gasteiger partial charge on any atom is -0.325 e. The van der Waals surface area contributed by atoms with E-state index in [4.69, 9.17) is 0 Å². The lowest BCUT2D eigenvalue weighted by atomic mass is 9.67. The van der Waals surface area contributed by atoms with E-state index in [2.05, 4.69) is 27.9 Å². The van der Waals surface area contributed by atoms with Gasteiger partial charge in [0.25, 0.3) is 0 Å². The second-order valence-corrected chi connectivity index (χ2v) is 7.45. The fourth-order valence-electron chi connectivity index (χ4n) is 3.91. The summed E-state index contributed by atoms with van der Waals surface area (Å²) >= 11 is 2.28. The minimum atomic E-state index is 0.227. The summed E-state index contributed by atoms with van der Waals surface area (Å²) in [5.41, 5.74) is 0.962. The number of hydrogen-bond acceptors (Lipinski definition) is 1. The van der Waals surface area contributed by atoms with Gasteiger partial charge in [-0.25, -0.2) is 0 Å². The second kappa shape index (κ2) is 6.46. The number of rotatable bonds is 2. The van der Waals surface area contributed by atoms with Crippen LogP contribution in [0, 0.1) is 21.3 Å². The molecule has 0 radical (unpaired) electrons. The second-order valence-electron chi connectivity index (χ2n) is 6.28. The monoisotopic (exact) mass is 383 g/mol. The van der Waals surface area contributed by atoms with Gasteiger partial charge in [0.2, 0.25) is 5.91 Å². The summed E-state index contributed by atoms with van der Waals surface area (Å²) < 4.78 is 1.12. The van der Waals surface area contributed by atoms with Crippen LogP contribution in [0.5, 0.6) is 0 Å². The number of para-hydroxylation sites is 1. The molecule has 0 saturated heterocycles. The van der Waals surface area contributed by atoms with E-state index in [0.717, 1.165) is 33.9 Å². The first-order valence-electron chi connectivity index (χ1n) is 7.79. The Hall–Kier alpha value is -0.580. The molecule has 2 saturated carbocycles. The van der Waals surface area contributed by atoms with Crippen molar-refractivity contribution in [3.63, 3.8) is 0 Å². The molecular weight excluding hydrogens is 361 g/mol. The molecule has 1 aromatic carbocycles. The van der Waals surface area contributed by atoms with Crippen molar-refractivity contribution < 1.29 is 4.79 Å². The molecule has 1 amide bonds. The summed E-state index contributed by atoms with van der Waals surface area (Å²) in [5.74, 6) is 2.18. The maximum atomic E-state index is 12.5. The molecular formula is C17H22INO. The van der Waals surface area contributed by atoms with Gasteiger partial charge in [-0.3, -0.25) is 4.79 Å². The van der Waals surface area contributed by atoms with E-state index in [1.807, 2.05) is 24.3 Å². The Morgan fingerprint density at radius 2 is 1.80 bits per heavy atom. The summed E-state index contributed by atoms with van der Waals surface area (Å²) in [6, 6.07) is 8.01. The largest absolute Gasteiger partial charge is 0.325 e. The molecule has 2 fully saturated rings. The van der Waals surface area contributed by atoms with Crippen molar-refractivity contribution in [3.8, 4) is 0 Å². The SMILES string of the molecule is O=C(Nc1ccccc1I)C1CCC2CCCCC2C1. The normalized spacial score (nSPS) is 29.6. The fraction of sp³-hybridized carbons (Fsp3) is 0.588. The standard InChI is InChI=1S/C17H22INO/c18-15-7-3-4-8-16(15)19-17(20)14-10-9-12-5-1-2-6-13(12)11-14/h3-4,7-8,12-14H,1-2,5-6,9-11H2,(H,19,20). The van der Waals surface area contributed by atoms with Crippen LogP contribution in [0.25, 0.3) is 0 Å². The highest BCUT2D eigenvalue weighted by Crippen LogP contribution is 2.42. The third kappa shape index (κ3) is 3.18. The number of fused-ring (bicyclic) bond motifs is 1. The Labute approximate surface area is 134 Å². The molecule has 2 nitrogen and oxygen atoms in total. The third-order valence-corrected chi connectivity index (χ3v) is 5.98. The molecule has 3 unspecified atom stereocenters. The molecule has 0 heterocycles. The lowest BCUT2D eigenvalue weighted by Gasteiger charge is -2.38.